The molecule has 1 heterocycles. The van der Waals surface area contributed by atoms with E-state index in [9.17, 15) is 0 Å². The van der Waals surface area contributed by atoms with Gasteiger partial charge in [0.1, 0.15) is 0 Å². The summed E-state index contributed by atoms with van der Waals surface area (Å²) in [7, 11) is 1.66. The van der Waals surface area contributed by atoms with Crippen LogP contribution in [0.15, 0.2) is 23.2 Å². The Balaban J connectivity index is 0.00000312. The molecule has 7 heteroatoms. The molecule has 0 bridgehead atoms. The molecule has 5 nitrogen and oxygen atoms in total. The second-order valence-electron chi connectivity index (χ2n) is 5.67. The van der Waals surface area contributed by atoms with Crippen LogP contribution in [0, 0.1) is 0 Å². The van der Waals surface area contributed by atoms with Crippen molar-refractivity contribution in [2.24, 2.45) is 4.99 Å². The second-order valence-corrected chi connectivity index (χ2v) is 6.82. The van der Waals surface area contributed by atoms with Crippen molar-refractivity contribution in [1.82, 2.24) is 10.6 Å². The fourth-order valence-corrected chi connectivity index (χ4v) is 3.70. The molecule has 142 valence electrons. The van der Waals surface area contributed by atoms with Crippen LogP contribution in [0.1, 0.15) is 32.3 Å². The molecule has 0 radical (unpaired) electrons. The van der Waals surface area contributed by atoms with Crippen molar-refractivity contribution in [3.8, 4) is 11.5 Å². The highest BCUT2D eigenvalue weighted by Gasteiger charge is 2.14. The highest BCUT2D eigenvalue weighted by Crippen LogP contribution is 2.28. The zero-order valence-corrected chi connectivity index (χ0v) is 18.5. The summed E-state index contributed by atoms with van der Waals surface area (Å²) in [6, 6.07) is 6.49. The standard InChI is InChI=1S/C18H29N3O2S.HI/c1-4-19-18(21-15-7-6-10-24-13-15)20-12-14-8-9-16(22-3)17(11-14)23-5-2;/h8-9,11,15H,4-7,10,12-13H2,1-3H3,(H2,19,20,21);1H. The Morgan fingerprint density at radius 2 is 2.16 bits per heavy atom. The number of guanidine groups is 1. The smallest absolute Gasteiger partial charge is 0.191 e. The van der Waals surface area contributed by atoms with Crippen molar-refractivity contribution in [1.29, 1.82) is 0 Å². The monoisotopic (exact) mass is 479 g/mol. The van der Waals surface area contributed by atoms with E-state index < -0.39 is 0 Å². The summed E-state index contributed by atoms with van der Waals surface area (Å²) >= 11 is 2.01. The van der Waals surface area contributed by atoms with E-state index >= 15 is 0 Å². The molecular weight excluding hydrogens is 449 g/mol. The van der Waals surface area contributed by atoms with Crippen molar-refractivity contribution < 1.29 is 9.47 Å². The zero-order chi connectivity index (χ0) is 17.2. The van der Waals surface area contributed by atoms with Crippen LogP contribution in [-0.2, 0) is 6.54 Å². The molecule has 25 heavy (non-hydrogen) atoms. The lowest BCUT2D eigenvalue weighted by Crippen LogP contribution is -2.45. The summed E-state index contributed by atoms with van der Waals surface area (Å²) in [4.78, 5) is 4.72. The van der Waals surface area contributed by atoms with Crippen LogP contribution in [0.25, 0.3) is 0 Å². The fourth-order valence-electron chi connectivity index (χ4n) is 2.63. The molecule has 2 rings (SSSR count). The normalized spacial score (nSPS) is 17.4. The van der Waals surface area contributed by atoms with Crippen molar-refractivity contribution in [3.63, 3.8) is 0 Å². The van der Waals surface area contributed by atoms with Gasteiger partial charge in [0.05, 0.1) is 20.3 Å². The van der Waals surface area contributed by atoms with Gasteiger partial charge in [0, 0.05) is 18.3 Å². The minimum atomic E-state index is 0. The van der Waals surface area contributed by atoms with Crippen LogP contribution in [0.2, 0.25) is 0 Å². The van der Waals surface area contributed by atoms with Gasteiger partial charge in [-0.25, -0.2) is 4.99 Å². The number of methoxy groups -OCH3 is 1. The van der Waals surface area contributed by atoms with Gasteiger partial charge in [-0.2, -0.15) is 11.8 Å². The van der Waals surface area contributed by atoms with Gasteiger partial charge < -0.3 is 20.1 Å². The molecule has 0 aromatic heterocycles. The molecule has 0 saturated carbocycles. The van der Waals surface area contributed by atoms with Crippen LogP contribution in [0.5, 0.6) is 11.5 Å². The van der Waals surface area contributed by atoms with E-state index in [0.717, 1.165) is 35.3 Å². The first-order valence-electron chi connectivity index (χ1n) is 8.69. The van der Waals surface area contributed by atoms with Gasteiger partial charge in [-0.15, -0.1) is 24.0 Å². The third kappa shape index (κ3) is 7.52. The van der Waals surface area contributed by atoms with Gasteiger partial charge in [0.2, 0.25) is 0 Å². The van der Waals surface area contributed by atoms with Gasteiger partial charge in [-0.05, 0) is 50.1 Å². The Morgan fingerprint density at radius 1 is 1.32 bits per heavy atom. The largest absolute Gasteiger partial charge is 0.493 e. The summed E-state index contributed by atoms with van der Waals surface area (Å²) in [5.41, 5.74) is 1.11. The molecule has 0 aliphatic carbocycles. The number of thioether (sulfide) groups is 1. The van der Waals surface area contributed by atoms with Crippen LogP contribution in [0.4, 0.5) is 0 Å². The molecule has 1 unspecified atom stereocenters. The molecule has 1 aromatic rings. The maximum Gasteiger partial charge on any atom is 0.191 e. The topological polar surface area (TPSA) is 54.9 Å². The molecule has 1 fully saturated rings. The first-order chi connectivity index (χ1) is 11.8. The number of hydrogen-bond donors (Lipinski definition) is 2. The number of rotatable bonds is 7. The van der Waals surface area contributed by atoms with Crippen molar-refractivity contribution in [2.75, 3.05) is 31.8 Å². The predicted molar refractivity (Wildman–Crippen MR) is 118 cm³/mol. The number of aliphatic imine (C=N–C) groups is 1. The molecule has 1 aliphatic rings. The summed E-state index contributed by atoms with van der Waals surface area (Å²) in [5, 5.41) is 6.89. The summed E-state index contributed by atoms with van der Waals surface area (Å²) < 4.78 is 11.0. The van der Waals surface area contributed by atoms with Crippen molar-refractivity contribution >= 4 is 41.7 Å². The molecule has 1 saturated heterocycles. The minimum absolute atomic E-state index is 0. The lowest BCUT2D eigenvalue weighted by atomic mass is 10.2. The summed E-state index contributed by atoms with van der Waals surface area (Å²) in [6.07, 6.45) is 2.49. The number of benzene rings is 1. The highest BCUT2D eigenvalue weighted by atomic mass is 127. The SMILES string of the molecule is CCNC(=NCc1ccc(OC)c(OCC)c1)NC1CCCSC1.I. The zero-order valence-electron chi connectivity index (χ0n) is 15.3. The minimum Gasteiger partial charge on any atom is -0.493 e. The average Bonchev–Trinajstić information content (AvgIpc) is 2.61. The number of nitrogens with zero attached hydrogens (tertiary/aromatic N) is 1. The number of hydrogen-bond acceptors (Lipinski definition) is 4. The molecular formula is C18H30IN3O2S. The van der Waals surface area contributed by atoms with E-state index in [2.05, 4.69) is 17.6 Å². The Morgan fingerprint density at radius 3 is 2.80 bits per heavy atom. The first kappa shape index (κ1) is 22.2. The Bertz CT molecular complexity index is 537. The third-order valence-electron chi connectivity index (χ3n) is 3.79. The Labute approximate surface area is 172 Å². The molecule has 1 atom stereocenters. The van der Waals surface area contributed by atoms with Crippen LogP contribution < -0.4 is 20.1 Å². The van der Waals surface area contributed by atoms with Gasteiger partial charge in [0.25, 0.3) is 0 Å². The van der Waals surface area contributed by atoms with E-state index in [1.165, 1.54) is 18.6 Å². The van der Waals surface area contributed by atoms with E-state index in [0.29, 0.717) is 19.2 Å². The third-order valence-corrected chi connectivity index (χ3v) is 5.01. The van der Waals surface area contributed by atoms with Crippen molar-refractivity contribution in [3.05, 3.63) is 23.8 Å². The second kappa shape index (κ2) is 12.5. The van der Waals surface area contributed by atoms with Crippen molar-refractivity contribution in [2.45, 2.75) is 39.3 Å². The summed E-state index contributed by atoms with van der Waals surface area (Å²) in [5.74, 6) is 4.85. The van der Waals surface area contributed by atoms with Gasteiger partial charge in [-0.1, -0.05) is 6.07 Å². The van der Waals surface area contributed by atoms with E-state index in [-0.39, 0.29) is 24.0 Å². The number of halogens is 1. The average molecular weight is 479 g/mol. The molecule has 1 aromatic carbocycles. The molecule has 1 aliphatic heterocycles. The molecule has 0 amide bonds. The maximum atomic E-state index is 5.64. The van der Waals surface area contributed by atoms with E-state index in [4.69, 9.17) is 14.5 Å². The van der Waals surface area contributed by atoms with E-state index in [1.807, 2.05) is 36.9 Å². The first-order valence-corrected chi connectivity index (χ1v) is 9.84. The van der Waals surface area contributed by atoms with Crippen LogP contribution in [-0.4, -0.2) is 43.8 Å². The van der Waals surface area contributed by atoms with E-state index in [1.54, 1.807) is 7.11 Å². The Kier molecular flexibility index (Phi) is 11.1. The lowest BCUT2D eigenvalue weighted by molar-refractivity contribution is 0.310. The molecule has 2 N–H and O–H groups in total. The van der Waals surface area contributed by atoms with Gasteiger partial charge >= 0.3 is 0 Å². The fraction of sp³-hybridized carbons (Fsp3) is 0.611. The van der Waals surface area contributed by atoms with Crippen LogP contribution in [0.3, 0.4) is 0 Å². The summed E-state index contributed by atoms with van der Waals surface area (Å²) in [6.45, 7) is 6.15. The van der Waals surface area contributed by atoms with Gasteiger partial charge in [0.15, 0.2) is 17.5 Å². The molecule has 0 spiro atoms. The highest BCUT2D eigenvalue weighted by molar-refractivity contribution is 14.0. The predicted octanol–water partition coefficient (Wildman–Crippen LogP) is 3.66. The van der Waals surface area contributed by atoms with Gasteiger partial charge in [-0.3, -0.25) is 0 Å². The Hall–Kier alpha value is -0.830. The quantitative estimate of drug-likeness (QED) is 0.355. The number of ether oxygens (including phenoxy) is 2. The van der Waals surface area contributed by atoms with Crippen LogP contribution >= 0.6 is 35.7 Å². The maximum absolute atomic E-state index is 5.64. The number of nitrogens with one attached hydrogen (secondary N) is 2. The lowest BCUT2D eigenvalue weighted by Gasteiger charge is -2.24.